The summed E-state index contributed by atoms with van der Waals surface area (Å²) in [5.41, 5.74) is 0.0961. The average Bonchev–Trinajstić information content (AvgIpc) is 2.18. The van der Waals surface area contributed by atoms with Gasteiger partial charge in [0.2, 0.25) is 5.88 Å². The van der Waals surface area contributed by atoms with E-state index in [9.17, 15) is 4.79 Å². The van der Waals surface area contributed by atoms with Gasteiger partial charge < -0.3 is 9.47 Å². The summed E-state index contributed by atoms with van der Waals surface area (Å²) in [6.07, 6.45) is 1.07. The van der Waals surface area contributed by atoms with Crippen LogP contribution in [0.5, 0.6) is 5.88 Å². The molecule has 0 atom stereocenters. The van der Waals surface area contributed by atoms with Gasteiger partial charge in [-0.2, -0.15) is 0 Å². The lowest BCUT2D eigenvalue weighted by Gasteiger charge is -2.20. The van der Waals surface area contributed by atoms with Crippen molar-refractivity contribution in [2.75, 3.05) is 12.4 Å². The maximum atomic E-state index is 11.6. The van der Waals surface area contributed by atoms with E-state index < -0.39 is 11.7 Å². The van der Waals surface area contributed by atoms with Gasteiger partial charge in [-0.15, -0.1) is 0 Å². The second-order valence-electron chi connectivity index (χ2n) is 4.31. The number of anilines is 1. The van der Waals surface area contributed by atoms with E-state index in [1.54, 1.807) is 12.3 Å². The molecular formula is C11H15IN2O3. The molecule has 0 saturated heterocycles. The van der Waals surface area contributed by atoms with Crippen LogP contribution < -0.4 is 10.1 Å². The van der Waals surface area contributed by atoms with Crippen molar-refractivity contribution in [2.24, 2.45) is 0 Å². The molecule has 6 heteroatoms. The molecule has 1 aromatic rings. The molecular weight excluding hydrogens is 335 g/mol. The van der Waals surface area contributed by atoms with E-state index in [1.807, 2.05) is 20.8 Å². The molecule has 0 aliphatic carbocycles. The fraction of sp³-hybridized carbons (Fsp3) is 0.455. The molecule has 0 aliphatic rings. The van der Waals surface area contributed by atoms with Crippen LogP contribution in [0, 0.1) is 3.57 Å². The minimum atomic E-state index is -0.521. The summed E-state index contributed by atoms with van der Waals surface area (Å²) >= 11 is 2.05. The van der Waals surface area contributed by atoms with Crippen molar-refractivity contribution in [1.29, 1.82) is 0 Å². The summed E-state index contributed by atoms with van der Waals surface area (Å²) in [5.74, 6) is 0.471. The van der Waals surface area contributed by atoms with E-state index in [-0.39, 0.29) is 0 Å². The molecule has 5 nitrogen and oxygen atoms in total. The summed E-state index contributed by atoms with van der Waals surface area (Å²) in [6.45, 7) is 5.43. The Labute approximate surface area is 114 Å². The lowest BCUT2D eigenvalue weighted by Crippen LogP contribution is -2.27. The Bertz CT molecular complexity index is 416. The van der Waals surface area contributed by atoms with E-state index in [4.69, 9.17) is 9.47 Å². The van der Waals surface area contributed by atoms with E-state index in [0.29, 0.717) is 11.6 Å². The number of carbonyl (C=O) groups excluding carboxylic acids is 1. The molecule has 0 bridgehead atoms. The Morgan fingerprint density at radius 1 is 1.47 bits per heavy atom. The van der Waals surface area contributed by atoms with Gasteiger partial charge in [0.25, 0.3) is 0 Å². The molecule has 94 valence electrons. The number of carbonyl (C=O) groups is 1. The maximum Gasteiger partial charge on any atom is 0.412 e. The molecule has 0 fully saturated rings. The van der Waals surface area contributed by atoms with E-state index in [1.165, 1.54) is 7.11 Å². The van der Waals surface area contributed by atoms with Gasteiger partial charge in [-0.25, -0.2) is 9.78 Å². The average molecular weight is 350 g/mol. The Morgan fingerprint density at radius 2 is 2.12 bits per heavy atom. The molecule has 0 aromatic carbocycles. The van der Waals surface area contributed by atoms with Crippen LogP contribution in [-0.4, -0.2) is 23.8 Å². The van der Waals surface area contributed by atoms with Crippen LogP contribution in [0.2, 0.25) is 0 Å². The predicted octanol–water partition coefficient (Wildman–Crippen LogP) is 3.04. The molecule has 0 aliphatic heterocycles. The molecule has 1 aromatic heterocycles. The number of pyridine rings is 1. The molecule has 1 heterocycles. The highest BCUT2D eigenvalue weighted by Crippen LogP contribution is 2.25. The van der Waals surface area contributed by atoms with Crippen molar-refractivity contribution in [3.05, 3.63) is 15.8 Å². The number of nitrogens with zero attached hydrogens (tertiary/aromatic N) is 1. The van der Waals surface area contributed by atoms with Crippen LogP contribution >= 0.6 is 22.6 Å². The second-order valence-corrected chi connectivity index (χ2v) is 5.39. The molecule has 0 spiro atoms. The third-order valence-electron chi connectivity index (χ3n) is 1.69. The molecule has 17 heavy (non-hydrogen) atoms. The van der Waals surface area contributed by atoms with Crippen molar-refractivity contribution in [1.82, 2.24) is 4.98 Å². The first kappa shape index (κ1) is 14.0. The maximum absolute atomic E-state index is 11.6. The molecule has 0 saturated carbocycles. The Balaban J connectivity index is 2.79. The third kappa shape index (κ3) is 4.37. The third-order valence-corrected chi connectivity index (χ3v) is 2.73. The first-order chi connectivity index (χ1) is 7.83. The highest BCUT2D eigenvalue weighted by atomic mass is 127. The summed E-state index contributed by atoms with van der Waals surface area (Å²) in [5, 5.41) is 2.65. The van der Waals surface area contributed by atoms with Crippen molar-refractivity contribution >= 4 is 34.4 Å². The van der Waals surface area contributed by atoms with Crippen LogP contribution in [0.15, 0.2) is 12.3 Å². The van der Waals surface area contributed by atoms with Gasteiger partial charge in [-0.3, -0.25) is 5.32 Å². The number of hydrogen-bond donors (Lipinski definition) is 1. The lowest BCUT2D eigenvalue weighted by atomic mass is 10.2. The first-order valence-electron chi connectivity index (χ1n) is 5.02. The van der Waals surface area contributed by atoms with Crippen molar-refractivity contribution in [3.63, 3.8) is 0 Å². The van der Waals surface area contributed by atoms with Gasteiger partial charge in [0.05, 0.1) is 16.4 Å². The van der Waals surface area contributed by atoms with Gasteiger partial charge in [0.15, 0.2) is 0 Å². The predicted molar refractivity (Wildman–Crippen MR) is 73.4 cm³/mol. The van der Waals surface area contributed by atoms with Crippen molar-refractivity contribution < 1.29 is 14.3 Å². The van der Waals surface area contributed by atoms with Crippen molar-refractivity contribution in [3.8, 4) is 5.88 Å². The number of rotatable bonds is 2. The highest BCUT2D eigenvalue weighted by molar-refractivity contribution is 14.1. The molecule has 1 rings (SSSR count). The standard InChI is InChI=1S/C11H15IN2O3/c1-11(2,3)17-10(15)14-7-5-6-13-9(16-4)8(7)12/h5-6H,1-4H3,(H,13,14,15). The molecule has 0 radical (unpaired) electrons. The number of nitrogens with one attached hydrogen (secondary N) is 1. The van der Waals surface area contributed by atoms with E-state index in [0.717, 1.165) is 3.57 Å². The fourth-order valence-corrected chi connectivity index (χ4v) is 1.75. The number of ether oxygens (including phenoxy) is 2. The summed E-state index contributed by atoms with van der Waals surface area (Å²) in [7, 11) is 1.53. The molecule has 1 N–H and O–H groups in total. The lowest BCUT2D eigenvalue weighted by molar-refractivity contribution is 0.0636. The van der Waals surface area contributed by atoms with Crippen LogP contribution in [0.3, 0.4) is 0 Å². The highest BCUT2D eigenvalue weighted by Gasteiger charge is 2.17. The van der Waals surface area contributed by atoms with E-state index in [2.05, 4.69) is 32.9 Å². The van der Waals surface area contributed by atoms with Crippen LogP contribution in [0.4, 0.5) is 10.5 Å². The molecule has 1 amide bonds. The topological polar surface area (TPSA) is 60.5 Å². The van der Waals surface area contributed by atoms with E-state index >= 15 is 0 Å². The number of amides is 1. The second kappa shape index (κ2) is 5.52. The normalized spacial score (nSPS) is 10.9. The Morgan fingerprint density at radius 3 is 2.65 bits per heavy atom. The van der Waals surface area contributed by atoms with Crippen LogP contribution in [0.1, 0.15) is 20.8 Å². The smallest absolute Gasteiger partial charge is 0.412 e. The zero-order valence-corrected chi connectivity index (χ0v) is 12.4. The number of halogens is 1. The summed E-state index contributed by atoms with van der Waals surface area (Å²) in [6, 6.07) is 1.69. The summed E-state index contributed by atoms with van der Waals surface area (Å²) in [4.78, 5) is 15.6. The molecule has 0 unspecified atom stereocenters. The van der Waals surface area contributed by atoms with Gasteiger partial charge in [0, 0.05) is 6.20 Å². The Hall–Kier alpha value is -1.05. The zero-order chi connectivity index (χ0) is 13.1. The van der Waals surface area contributed by atoms with Crippen LogP contribution in [0.25, 0.3) is 0 Å². The van der Waals surface area contributed by atoms with Crippen LogP contribution in [-0.2, 0) is 4.74 Å². The minimum Gasteiger partial charge on any atom is -0.480 e. The quantitative estimate of drug-likeness (QED) is 0.833. The SMILES string of the molecule is COc1nccc(NC(=O)OC(C)(C)C)c1I. The van der Waals surface area contributed by atoms with Gasteiger partial charge in [0.1, 0.15) is 5.60 Å². The monoisotopic (exact) mass is 350 g/mol. The first-order valence-corrected chi connectivity index (χ1v) is 6.10. The van der Waals surface area contributed by atoms with Gasteiger partial charge >= 0.3 is 6.09 Å². The summed E-state index contributed by atoms with van der Waals surface area (Å²) < 4.78 is 10.9. The largest absolute Gasteiger partial charge is 0.480 e. The number of methoxy groups -OCH3 is 1. The number of hydrogen-bond acceptors (Lipinski definition) is 4. The number of aromatic nitrogens is 1. The van der Waals surface area contributed by atoms with Gasteiger partial charge in [-0.05, 0) is 49.4 Å². The van der Waals surface area contributed by atoms with Gasteiger partial charge in [-0.1, -0.05) is 0 Å². The zero-order valence-electron chi connectivity index (χ0n) is 10.2. The van der Waals surface area contributed by atoms with Crippen molar-refractivity contribution in [2.45, 2.75) is 26.4 Å². The minimum absolute atomic E-state index is 0.471. The fourth-order valence-electron chi connectivity index (χ4n) is 1.08. The Kier molecular flexibility index (Phi) is 4.55.